The molecule has 4 atom stereocenters. The molecule has 1 aromatic carbocycles. The maximum Gasteiger partial charge on any atom is 0.303 e. The van der Waals surface area contributed by atoms with Crippen LogP contribution in [-0.4, -0.2) is 62.4 Å². The van der Waals surface area contributed by atoms with Gasteiger partial charge in [-0.2, -0.15) is 0 Å². The summed E-state index contributed by atoms with van der Waals surface area (Å²) in [5.41, 5.74) is 3.35. The van der Waals surface area contributed by atoms with Gasteiger partial charge in [0.15, 0.2) is 0 Å². The van der Waals surface area contributed by atoms with Crippen LogP contribution in [0, 0.1) is 17.8 Å². The first-order valence-electron chi connectivity index (χ1n) is 14.3. The Balaban J connectivity index is 1.48. The van der Waals surface area contributed by atoms with Crippen LogP contribution in [0.1, 0.15) is 69.0 Å². The van der Waals surface area contributed by atoms with Crippen LogP contribution < -0.4 is 0 Å². The largest absolute Gasteiger partial charge is 0.481 e. The summed E-state index contributed by atoms with van der Waals surface area (Å²) in [6.07, 6.45) is 3.80. The molecule has 2 aromatic rings. The van der Waals surface area contributed by atoms with Crippen molar-refractivity contribution in [2.45, 2.75) is 64.6 Å². The van der Waals surface area contributed by atoms with Gasteiger partial charge in [-0.05, 0) is 73.9 Å². The minimum atomic E-state index is -0.919. The number of fused-ring (bicyclic) bond motifs is 1. The van der Waals surface area contributed by atoms with Crippen LogP contribution in [-0.2, 0) is 21.0 Å². The van der Waals surface area contributed by atoms with Crippen LogP contribution >= 0.6 is 0 Å². The van der Waals surface area contributed by atoms with Gasteiger partial charge in [-0.1, -0.05) is 42.3 Å². The van der Waals surface area contributed by atoms with Gasteiger partial charge < -0.3 is 24.8 Å². The zero-order valence-electron chi connectivity index (χ0n) is 23.4. The number of unbranched alkanes of at least 4 members (excludes halogenated alkanes) is 2. The molecule has 1 fully saturated rings. The fourth-order valence-corrected chi connectivity index (χ4v) is 6.25. The number of benzene rings is 1. The molecule has 9 nitrogen and oxygen atoms in total. The number of furan rings is 1. The average molecular weight is 566 g/mol. The van der Waals surface area contributed by atoms with Crippen LogP contribution in [0.25, 0.3) is 11.6 Å². The topological polar surface area (TPSA) is 149 Å². The molecule has 1 aromatic heterocycles. The number of allylic oxidation sites excluding steroid dienone is 2. The number of likely N-dealkylation sites (tertiary alicyclic amines) is 1. The van der Waals surface area contributed by atoms with E-state index in [1.807, 2.05) is 43.3 Å². The Morgan fingerprint density at radius 1 is 1.05 bits per heavy atom. The second-order valence-corrected chi connectivity index (χ2v) is 10.9. The Morgan fingerprint density at radius 3 is 2.46 bits per heavy atom. The number of carbonyl (C=O) groups excluding carboxylic acids is 2. The van der Waals surface area contributed by atoms with Gasteiger partial charge in [-0.25, -0.2) is 0 Å². The molecule has 1 aliphatic carbocycles. The van der Waals surface area contributed by atoms with E-state index < -0.39 is 29.8 Å². The summed E-state index contributed by atoms with van der Waals surface area (Å²) in [5, 5.41) is 40.0. The molecule has 0 radical (unpaired) electrons. The van der Waals surface area contributed by atoms with Crippen LogP contribution in [0.2, 0.25) is 0 Å². The first kappa shape index (κ1) is 30.4. The highest BCUT2D eigenvalue weighted by atomic mass is 16.4. The maximum absolute atomic E-state index is 13.4. The summed E-state index contributed by atoms with van der Waals surface area (Å²) in [6, 6.07) is 13.2. The quantitative estimate of drug-likeness (QED) is 0.152. The van der Waals surface area contributed by atoms with E-state index in [0.717, 1.165) is 16.7 Å². The van der Waals surface area contributed by atoms with Crippen molar-refractivity contribution in [1.29, 1.82) is 0 Å². The smallest absolute Gasteiger partial charge is 0.303 e. The molecular weight excluding hydrogens is 526 g/mol. The zero-order valence-corrected chi connectivity index (χ0v) is 23.4. The third-order valence-corrected chi connectivity index (χ3v) is 8.23. The third kappa shape index (κ3) is 7.04. The number of hydrogen-bond acceptors (Lipinski definition) is 7. The van der Waals surface area contributed by atoms with Crippen molar-refractivity contribution >= 4 is 29.4 Å². The Hall–Kier alpha value is -3.53. The van der Waals surface area contributed by atoms with Crippen LogP contribution in [0.15, 0.2) is 58.0 Å². The lowest BCUT2D eigenvalue weighted by Crippen LogP contribution is -2.38. The van der Waals surface area contributed by atoms with Crippen molar-refractivity contribution in [2.75, 3.05) is 13.2 Å². The monoisotopic (exact) mass is 565 g/mol. The van der Waals surface area contributed by atoms with Gasteiger partial charge in [0.1, 0.15) is 18.1 Å². The molecule has 0 saturated carbocycles. The zero-order chi connectivity index (χ0) is 29.5. The average Bonchev–Trinajstić information content (AvgIpc) is 3.52. The Kier molecular flexibility index (Phi) is 10.3. The summed E-state index contributed by atoms with van der Waals surface area (Å²) in [5.74, 6) is -2.33. The lowest BCUT2D eigenvalue weighted by atomic mass is 9.68. The molecule has 4 N–H and O–H groups in total. The van der Waals surface area contributed by atoms with Crippen molar-refractivity contribution in [3.63, 3.8) is 0 Å². The number of rotatable bonds is 14. The van der Waals surface area contributed by atoms with E-state index in [1.54, 1.807) is 12.1 Å². The number of aliphatic hydroxyl groups is 3. The van der Waals surface area contributed by atoms with Crippen molar-refractivity contribution < 1.29 is 39.2 Å². The summed E-state index contributed by atoms with van der Waals surface area (Å²) in [6.45, 7) is 1.54. The van der Waals surface area contributed by atoms with Crippen LogP contribution in [0.3, 0.4) is 0 Å². The van der Waals surface area contributed by atoms with Gasteiger partial charge in [-0.15, -0.1) is 0 Å². The van der Waals surface area contributed by atoms with Gasteiger partial charge in [0.05, 0.1) is 24.5 Å². The molecule has 2 amide bonds. The highest BCUT2D eigenvalue weighted by Gasteiger charge is 2.54. The number of carboxylic acids is 1. The lowest BCUT2D eigenvalue weighted by molar-refractivity contribution is -0.141. The molecule has 41 heavy (non-hydrogen) atoms. The molecule has 0 spiro atoms. The third-order valence-electron chi connectivity index (χ3n) is 8.23. The van der Waals surface area contributed by atoms with Crippen molar-refractivity contribution in [3.8, 4) is 0 Å². The Labute approximate surface area is 239 Å². The molecule has 1 aliphatic heterocycles. The molecule has 2 heterocycles. The van der Waals surface area contributed by atoms with Gasteiger partial charge in [0, 0.05) is 18.9 Å². The summed E-state index contributed by atoms with van der Waals surface area (Å²) in [4.78, 5) is 38.6. The molecule has 0 unspecified atom stereocenters. The van der Waals surface area contributed by atoms with E-state index in [2.05, 4.69) is 0 Å². The molecule has 220 valence electrons. The van der Waals surface area contributed by atoms with Crippen molar-refractivity contribution in [2.24, 2.45) is 17.8 Å². The lowest BCUT2D eigenvalue weighted by Gasteiger charge is -2.35. The highest BCUT2D eigenvalue weighted by Crippen LogP contribution is 2.46. The minimum Gasteiger partial charge on any atom is -0.481 e. The van der Waals surface area contributed by atoms with E-state index in [9.17, 15) is 29.7 Å². The summed E-state index contributed by atoms with van der Waals surface area (Å²) >= 11 is 0. The standard InChI is InChI=1S/C32H39NO8/c1-20-16-25-30(32(40)33(31(25)39)15-7-3-6-10-28(37)38)26(19-35)29(20)27(36)14-11-22(21-8-4-2-5-9-21)17-23-12-13-24(18-34)41-23/h2,4-5,8-9,12-13,17,25-27,30,34-36H,3,6-7,10-11,14-16,18-19H2,1H3,(H,37,38)/b22-17-/t25-,26+,27-,30-/m1/s1. The molecule has 1 saturated heterocycles. The van der Waals surface area contributed by atoms with Gasteiger partial charge in [-0.3, -0.25) is 19.3 Å². The molecule has 4 rings (SSSR count). The molecular formula is C32H39NO8. The first-order valence-corrected chi connectivity index (χ1v) is 14.3. The van der Waals surface area contributed by atoms with E-state index in [1.165, 1.54) is 4.90 Å². The minimum absolute atomic E-state index is 0.0521. The van der Waals surface area contributed by atoms with Crippen LogP contribution in [0.5, 0.6) is 0 Å². The summed E-state index contributed by atoms with van der Waals surface area (Å²) in [7, 11) is 0. The van der Waals surface area contributed by atoms with Gasteiger partial charge >= 0.3 is 5.97 Å². The van der Waals surface area contributed by atoms with Gasteiger partial charge in [0.25, 0.3) is 0 Å². The number of carboxylic acid groups (broad SMARTS) is 1. The Morgan fingerprint density at radius 2 is 1.80 bits per heavy atom. The van der Waals surface area contributed by atoms with E-state index >= 15 is 0 Å². The first-order chi connectivity index (χ1) is 19.7. The van der Waals surface area contributed by atoms with Crippen molar-refractivity contribution in [1.82, 2.24) is 4.90 Å². The molecule has 2 aliphatic rings. The maximum atomic E-state index is 13.4. The number of hydrogen-bond donors (Lipinski definition) is 4. The number of amides is 2. The predicted octanol–water partition coefficient (Wildman–Crippen LogP) is 4.03. The second kappa shape index (κ2) is 13.9. The molecule has 0 bridgehead atoms. The van der Waals surface area contributed by atoms with E-state index in [4.69, 9.17) is 9.52 Å². The normalized spacial score (nSPS) is 21.9. The number of carbonyl (C=O) groups is 3. The van der Waals surface area contributed by atoms with E-state index in [0.29, 0.717) is 55.6 Å². The fraction of sp³-hybridized carbons (Fsp3) is 0.469. The van der Waals surface area contributed by atoms with Gasteiger partial charge in [0.2, 0.25) is 11.8 Å². The number of nitrogens with zero attached hydrogens (tertiary/aromatic N) is 1. The SMILES string of the molecule is CC1=C([C@H](O)CC/C(=C/c2ccc(CO)o2)c2ccccc2)[C@H](CO)[C@@H]2C(=O)N(CCCCCC(=O)O)C(=O)[C@@H]2C1. The Bertz CT molecular complexity index is 1290. The predicted molar refractivity (Wildman–Crippen MR) is 152 cm³/mol. The van der Waals surface area contributed by atoms with Crippen molar-refractivity contribution in [3.05, 3.63) is 70.7 Å². The fourth-order valence-electron chi connectivity index (χ4n) is 6.25. The number of aliphatic carboxylic acids is 1. The summed E-state index contributed by atoms with van der Waals surface area (Å²) < 4.78 is 5.66. The number of imide groups is 1. The highest BCUT2D eigenvalue weighted by molar-refractivity contribution is 6.05. The second-order valence-electron chi connectivity index (χ2n) is 10.9. The van der Waals surface area contributed by atoms with Crippen LogP contribution in [0.4, 0.5) is 0 Å². The number of aliphatic hydroxyl groups excluding tert-OH is 3. The van der Waals surface area contributed by atoms with E-state index in [-0.39, 0.29) is 38.0 Å². The molecule has 9 heteroatoms.